The van der Waals surface area contributed by atoms with E-state index >= 15 is 0 Å². The minimum absolute atomic E-state index is 0.0580. The average Bonchev–Trinajstić information content (AvgIpc) is 3.22. The van der Waals surface area contributed by atoms with E-state index in [1.807, 2.05) is 61.6 Å². The molecule has 4 heteroatoms. The van der Waals surface area contributed by atoms with E-state index in [4.69, 9.17) is 0 Å². The SMILES string of the molecule is CC1=C(/C=C/C(C)=C/C=C/C(C)=C/C=C2C(=C(C#N)C#N)c3ccccc3C2=C(C#N)C#N)C(C)(C)CCC1. The molecule has 0 radical (unpaired) electrons. The standard InChI is InChI=1S/C35H32N4/c1-24(10-8-11-25(2)16-18-32-26(3)12-9-19-35(32,4)5)15-17-31-33(27(20-36)21-37)29-13-6-7-14-30(29)34(31)28(22-38)23-39/h6-8,10-11,13-18H,9,12,19H2,1-5H3/b10-8+,18-16+,24-15+,25-11+. The van der Waals surface area contributed by atoms with Gasteiger partial charge < -0.3 is 0 Å². The molecule has 0 unspecified atom stereocenters. The highest BCUT2D eigenvalue weighted by Gasteiger charge is 2.31. The fourth-order valence-corrected chi connectivity index (χ4v) is 5.22. The zero-order valence-electron chi connectivity index (χ0n) is 23.3. The van der Waals surface area contributed by atoms with Crippen LogP contribution in [0.15, 0.2) is 106 Å². The van der Waals surface area contributed by atoms with Crippen molar-refractivity contribution in [1.82, 2.24) is 0 Å². The van der Waals surface area contributed by atoms with Crippen LogP contribution < -0.4 is 0 Å². The second kappa shape index (κ2) is 12.6. The highest BCUT2D eigenvalue weighted by molar-refractivity contribution is 6.12. The second-order valence-corrected chi connectivity index (χ2v) is 10.5. The molecule has 0 saturated heterocycles. The molecule has 0 bridgehead atoms. The van der Waals surface area contributed by atoms with Gasteiger partial charge in [0, 0.05) is 11.1 Å². The van der Waals surface area contributed by atoms with Crippen molar-refractivity contribution >= 4 is 11.1 Å². The number of rotatable bonds is 5. The largest absolute Gasteiger partial charge is 0.192 e. The molecular weight excluding hydrogens is 476 g/mol. The van der Waals surface area contributed by atoms with Crippen molar-refractivity contribution < 1.29 is 0 Å². The smallest absolute Gasteiger partial charge is 0.138 e. The van der Waals surface area contributed by atoms with Crippen LogP contribution in [0, 0.1) is 50.7 Å². The van der Waals surface area contributed by atoms with Crippen molar-refractivity contribution in [1.29, 1.82) is 21.0 Å². The number of nitrogens with zero attached hydrogens (tertiary/aromatic N) is 4. The Labute approximate surface area is 232 Å². The van der Waals surface area contributed by atoms with Gasteiger partial charge in [-0.15, -0.1) is 0 Å². The lowest BCUT2D eigenvalue weighted by atomic mass is 9.72. The summed E-state index contributed by atoms with van der Waals surface area (Å²) in [6, 6.07) is 15.1. The van der Waals surface area contributed by atoms with Crippen molar-refractivity contribution in [3.8, 4) is 24.3 Å². The first-order chi connectivity index (χ1) is 18.7. The number of benzene rings is 1. The average molecular weight is 509 g/mol. The molecule has 0 heterocycles. The minimum Gasteiger partial charge on any atom is -0.192 e. The minimum atomic E-state index is -0.0580. The van der Waals surface area contributed by atoms with Crippen LogP contribution in [-0.4, -0.2) is 0 Å². The zero-order valence-corrected chi connectivity index (χ0v) is 23.3. The Morgan fingerprint density at radius 2 is 1.36 bits per heavy atom. The van der Waals surface area contributed by atoms with Gasteiger partial charge in [-0.3, -0.25) is 0 Å². The molecular formula is C35H32N4. The van der Waals surface area contributed by atoms with Gasteiger partial charge in [0.15, 0.2) is 0 Å². The molecule has 0 aliphatic heterocycles. The number of hydrogen-bond acceptors (Lipinski definition) is 4. The Bertz CT molecular complexity index is 1490. The van der Waals surface area contributed by atoms with Crippen molar-refractivity contribution in [2.45, 2.75) is 53.9 Å². The van der Waals surface area contributed by atoms with Crippen molar-refractivity contribution in [2.24, 2.45) is 5.41 Å². The summed E-state index contributed by atoms with van der Waals surface area (Å²) >= 11 is 0. The van der Waals surface area contributed by atoms with Gasteiger partial charge in [-0.25, -0.2) is 0 Å². The predicted molar refractivity (Wildman–Crippen MR) is 157 cm³/mol. The Morgan fingerprint density at radius 1 is 0.821 bits per heavy atom. The third-order valence-corrected chi connectivity index (χ3v) is 7.24. The van der Waals surface area contributed by atoms with Crippen LogP contribution >= 0.6 is 0 Å². The normalized spacial score (nSPS) is 17.0. The van der Waals surface area contributed by atoms with Gasteiger partial charge in [0.25, 0.3) is 0 Å². The molecule has 0 fully saturated rings. The Morgan fingerprint density at radius 3 is 1.87 bits per heavy atom. The molecule has 2 aliphatic rings. The molecule has 0 atom stereocenters. The number of nitriles is 4. The molecule has 39 heavy (non-hydrogen) atoms. The molecule has 0 spiro atoms. The van der Waals surface area contributed by atoms with Crippen LogP contribution in [-0.2, 0) is 0 Å². The van der Waals surface area contributed by atoms with Gasteiger partial charge >= 0.3 is 0 Å². The van der Waals surface area contributed by atoms with Crippen molar-refractivity contribution in [3.05, 3.63) is 117 Å². The van der Waals surface area contributed by atoms with Crippen LogP contribution in [0.1, 0.15) is 65.0 Å². The third-order valence-electron chi connectivity index (χ3n) is 7.24. The number of allylic oxidation sites excluding steroid dienone is 16. The number of hydrogen-bond donors (Lipinski definition) is 0. The fourth-order valence-electron chi connectivity index (χ4n) is 5.22. The maximum Gasteiger partial charge on any atom is 0.138 e. The lowest BCUT2D eigenvalue weighted by molar-refractivity contribution is 0.377. The summed E-state index contributed by atoms with van der Waals surface area (Å²) < 4.78 is 0. The molecule has 192 valence electrons. The summed E-state index contributed by atoms with van der Waals surface area (Å²) in [6.07, 6.45) is 17.7. The summed E-state index contributed by atoms with van der Waals surface area (Å²) in [7, 11) is 0. The Kier molecular flexibility index (Phi) is 9.24. The lowest BCUT2D eigenvalue weighted by Gasteiger charge is -2.32. The van der Waals surface area contributed by atoms with Gasteiger partial charge in [0.1, 0.15) is 35.4 Å². The van der Waals surface area contributed by atoms with E-state index in [0.717, 1.165) is 11.1 Å². The van der Waals surface area contributed by atoms with E-state index in [9.17, 15) is 21.0 Å². The first kappa shape index (κ1) is 28.7. The molecule has 0 N–H and O–H groups in total. The highest BCUT2D eigenvalue weighted by Crippen LogP contribution is 2.48. The van der Waals surface area contributed by atoms with Gasteiger partial charge in [-0.1, -0.05) is 97.4 Å². The molecule has 0 saturated carbocycles. The molecule has 1 aromatic carbocycles. The number of fused-ring (bicyclic) bond motifs is 1. The van der Waals surface area contributed by atoms with Gasteiger partial charge in [0.2, 0.25) is 0 Å². The molecule has 1 aromatic rings. The third kappa shape index (κ3) is 6.33. The molecule has 3 rings (SSSR count). The van der Waals surface area contributed by atoms with Gasteiger partial charge in [-0.2, -0.15) is 21.0 Å². The molecule has 4 nitrogen and oxygen atoms in total. The van der Waals surface area contributed by atoms with E-state index < -0.39 is 0 Å². The van der Waals surface area contributed by atoms with Crippen LogP contribution in [0.2, 0.25) is 0 Å². The van der Waals surface area contributed by atoms with E-state index in [2.05, 4.69) is 45.9 Å². The van der Waals surface area contributed by atoms with Crippen molar-refractivity contribution in [3.63, 3.8) is 0 Å². The molecule has 0 amide bonds. The summed E-state index contributed by atoms with van der Waals surface area (Å²) in [5, 5.41) is 38.6. The molecule has 0 aromatic heterocycles. The maximum absolute atomic E-state index is 9.64. The second-order valence-electron chi connectivity index (χ2n) is 10.5. The van der Waals surface area contributed by atoms with E-state index in [1.54, 1.807) is 18.2 Å². The van der Waals surface area contributed by atoms with Gasteiger partial charge in [-0.05, 0) is 67.7 Å². The van der Waals surface area contributed by atoms with Crippen LogP contribution in [0.5, 0.6) is 0 Å². The highest BCUT2D eigenvalue weighted by atomic mass is 14.4. The topological polar surface area (TPSA) is 95.2 Å². The summed E-state index contributed by atoms with van der Waals surface area (Å²) in [6.45, 7) is 10.9. The van der Waals surface area contributed by atoms with Crippen molar-refractivity contribution in [2.75, 3.05) is 0 Å². The zero-order chi connectivity index (χ0) is 28.6. The van der Waals surface area contributed by atoms with Gasteiger partial charge in [0.05, 0.1) is 0 Å². The maximum atomic E-state index is 9.64. The van der Waals surface area contributed by atoms with E-state index in [0.29, 0.717) is 27.8 Å². The summed E-state index contributed by atoms with van der Waals surface area (Å²) in [5.41, 5.74) is 7.80. The monoisotopic (exact) mass is 508 g/mol. The Hall–Kier alpha value is -4.90. The van der Waals surface area contributed by atoms with Crippen LogP contribution in [0.25, 0.3) is 11.1 Å². The quantitative estimate of drug-likeness (QED) is 0.293. The lowest BCUT2D eigenvalue weighted by Crippen LogP contribution is -2.19. The fraction of sp³-hybridized carbons (Fsp3) is 0.257. The Balaban J connectivity index is 1.97. The summed E-state index contributed by atoms with van der Waals surface area (Å²) in [4.78, 5) is 0. The van der Waals surface area contributed by atoms with Crippen LogP contribution in [0.4, 0.5) is 0 Å². The first-order valence-corrected chi connectivity index (χ1v) is 13.0. The summed E-state index contributed by atoms with van der Waals surface area (Å²) in [5.74, 6) is 0. The predicted octanol–water partition coefficient (Wildman–Crippen LogP) is 8.76. The van der Waals surface area contributed by atoms with Crippen LogP contribution in [0.3, 0.4) is 0 Å². The molecule has 2 aliphatic carbocycles. The first-order valence-electron chi connectivity index (χ1n) is 13.0. The van der Waals surface area contributed by atoms with E-state index in [-0.39, 0.29) is 16.6 Å². The van der Waals surface area contributed by atoms with E-state index in [1.165, 1.54) is 30.4 Å².